The van der Waals surface area contributed by atoms with E-state index in [1.165, 1.54) is 12.1 Å². The highest BCUT2D eigenvalue weighted by Gasteiger charge is 2.08. The summed E-state index contributed by atoms with van der Waals surface area (Å²) < 4.78 is 37.9. The number of halogens is 1. The number of rotatable bonds is 7. The molecule has 96 valence electrons. The molecule has 0 radical (unpaired) electrons. The number of sulfonamides is 1. The van der Waals surface area contributed by atoms with Gasteiger partial charge in [-0.1, -0.05) is 12.1 Å². The van der Waals surface area contributed by atoms with E-state index in [1.807, 2.05) is 0 Å². The SMILES string of the molecule is NCCCS(=O)(=O)NCCc1ccc(F)cc1. The Balaban J connectivity index is 2.34. The van der Waals surface area contributed by atoms with Crippen LogP contribution in [0.25, 0.3) is 0 Å². The predicted octanol–water partition coefficient (Wildman–Crippen LogP) is 0.636. The maximum absolute atomic E-state index is 12.6. The molecule has 4 nitrogen and oxygen atoms in total. The van der Waals surface area contributed by atoms with Crippen molar-refractivity contribution >= 4 is 10.0 Å². The van der Waals surface area contributed by atoms with Crippen molar-refractivity contribution < 1.29 is 12.8 Å². The first-order chi connectivity index (χ1) is 8.03. The third kappa shape index (κ3) is 5.76. The molecule has 1 aromatic carbocycles. The molecule has 1 rings (SSSR count). The van der Waals surface area contributed by atoms with Crippen molar-refractivity contribution in [1.29, 1.82) is 0 Å². The van der Waals surface area contributed by atoms with Crippen LogP contribution in [0.5, 0.6) is 0 Å². The monoisotopic (exact) mass is 260 g/mol. The third-order valence-electron chi connectivity index (χ3n) is 2.27. The minimum absolute atomic E-state index is 0.0485. The number of hydrogen-bond donors (Lipinski definition) is 2. The smallest absolute Gasteiger partial charge is 0.211 e. The lowest BCUT2D eigenvalue weighted by Gasteiger charge is -2.06. The summed E-state index contributed by atoms with van der Waals surface area (Å²) >= 11 is 0. The molecule has 3 N–H and O–H groups in total. The first-order valence-corrected chi connectivity index (χ1v) is 7.10. The van der Waals surface area contributed by atoms with Gasteiger partial charge < -0.3 is 5.73 Å². The molecule has 0 aliphatic heterocycles. The van der Waals surface area contributed by atoms with Crippen LogP contribution in [0.2, 0.25) is 0 Å². The van der Waals surface area contributed by atoms with Crippen molar-refractivity contribution in [3.8, 4) is 0 Å². The Morgan fingerprint density at radius 3 is 2.47 bits per heavy atom. The molecule has 0 aliphatic rings. The van der Waals surface area contributed by atoms with Crippen molar-refractivity contribution in [2.45, 2.75) is 12.8 Å². The van der Waals surface area contributed by atoms with Crippen molar-refractivity contribution in [2.75, 3.05) is 18.8 Å². The molecule has 0 amide bonds. The molecule has 0 fully saturated rings. The molecule has 0 aliphatic carbocycles. The minimum Gasteiger partial charge on any atom is -0.330 e. The van der Waals surface area contributed by atoms with Gasteiger partial charge >= 0.3 is 0 Å². The second kappa shape index (κ2) is 6.68. The summed E-state index contributed by atoms with van der Waals surface area (Å²) in [5, 5.41) is 0. The fourth-order valence-corrected chi connectivity index (χ4v) is 2.45. The van der Waals surface area contributed by atoms with Gasteiger partial charge in [0.25, 0.3) is 0 Å². The van der Waals surface area contributed by atoms with Crippen LogP contribution in [0.1, 0.15) is 12.0 Å². The van der Waals surface area contributed by atoms with Gasteiger partial charge in [0.2, 0.25) is 10.0 Å². The molecule has 0 heterocycles. The molecule has 1 aromatic rings. The van der Waals surface area contributed by atoms with Crippen LogP contribution in [0, 0.1) is 5.82 Å². The third-order valence-corrected chi connectivity index (χ3v) is 3.74. The van der Waals surface area contributed by atoms with Crippen molar-refractivity contribution in [3.05, 3.63) is 35.6 Å². The lowest BCUT2D eigenvalue weighted by Crippen LogP contribution is -2.29. The minimum atomic E-state index is -3.23. The Morgan fingerprint density at radius 2 is 1.88 bits per heavy atom. The molecule has 0 spiro atoms. The average molecular weight is 260 g/mol. The second-order valence-electron chi connectivity index (χ2n) is 3.73. The zero-order chi connectivity index (χ0) is 12.7. The first-order valence-electron chi connectivity index (χ1n) is 5.45. The zero-order valence-corrected chi connectivity index (χ0v) is 10.3. The summed E-state index contributed by atoms with van der Waals surface area (Å²) in [5.74, 6) is -0.246. The Hall–Kier alpha value is -0.980. The van der Waals surface area contributed by atoms with E-state index in [2.05, 4.69) is 4.72 Å². The van der Waals surface area contributed by atoms with Crippen LogP contribution < -0.4 is 10.5 Å². The van der Waals surface area contributed by atoms with Crippen LogP contribution in [-0.4, -0.2) is 27.3 Å². The van der Waals surface area contributed by atoms with E-state index < -0.39 is 10.0 Å². The molecule has 6 heteroatoms. The lowest BCUT2D eigenvalue weighted by atomic mass is 10.1. The van der Waals surface area contributed by atoms with Gasteiger partial charge in [0, 0.05) is 6.54 Å². The highest BCUT2D eigenvalue weighted by Crippen LogP contribution is 2.03. The summed E-state index contributed by atoms with van der Waals surface area (Å²) in [6.45, 7) is 0.678. The second-order valence-corrected chi connectivity index (χ2v) is 5.66. The molecule has 0 saturated heterocycles. The Morgan fingerprint density at radius 1 is 1.24 bits per heavy atom. The largest absolute Gasteiger partial charge is 0.330 e. The van der Waals surface area contributed by atoms with Gasteiger partial charge in [0.05, 0.1) is 5.75 Å². The van der Waals surface area contributed by atoms with Gasteiger partial charge in [-0.05, 0) is 37.1 Å². The van der Waals surface area contributed by atoms with Gasteiger partial charge in [-0.3, -0.25) is 0 Å². The molecule has 0 unspecified atom stereocenters. The van der Waals surface area contributed by atoms with E-state index in [4.69, 9.17) is 5.73 Å². The fourth-order valence-electron chi connectivity index (χ4n) is 1.35. The Kier molecular flexibility index (Phi) is 5.54. The first kappa shape index (κ1) is 14.1. The number of nitrogens with one attached hydrogen (secondary N) is 1. The van der Waals surface area contributed by atoms with Gasteiger partial charge in [-0.2, -0.15) is 0 Å². The molecular formula is C11H17FN2O2S. The van der Waals surface area contributed by atoms with E-state index in [-0.39, 0.29) is 11.6 Å². The molecular weight excluding hydrogens is 243 g/mol. The van der Waals surface area contributed by atoms with Crippen LogP contribution in [0.4, 0.5) is 4.39 Å². The van der Waals surface area contributed by atoms with Crippen molar-refractivity contribution in [3.63, 3.8) is 0 Å². The maximum Gasteiger partial charge on any atom is 0.211 e. The van der Waals surface area contributed by atoms with Crippen LogP contribution in [-0.2, 0) is 16.4 Å². The van der Waals surface area contributed by atoms with E-state index in [9.17, 15) is 12.8 Å². The van der Waals surface area contributed by atoms with Crippen LogP contribution >= 0.6 is 0 Å². The zero-order valence-electron chi connectivity index (χ0n) is 9.52. The predicted molar refractivity (Wildman–Crippen MR) is 65.6 cm³/mol. The van der Waals surface area contributed by atoms with Crippen molar-refractivity contribution in [2.24, 2.45) is 5.73 Å². The van der Waals surface area contributed by atoms with Gasteiger partial charge in [-0.25, -0.2) is 17.5 Å². The number of benzene rings is 1. The summed E-state index contributed by atoms with van der Waals surface area (Å²) in [4.78, 5) is 0. The van der Waals surface area contributed by atoms with E-state index in [0.29, 0.717) is 25.9 Å². The van der Waals surface area contributed by atoms with Crippen LogP contribution in [0.3, 0.4) is 0 Å². The molecule has 0 bridgehead atoms. The van der Waals surface area contributed by atoms with E-state index in [1.54, 1.807) is 12.1 Å². The Labute approximate surface area is 101 Å². The Bertz CT molecular complexity index is 431. The summed E-state index contributed by atoms with van der Waals surface area (Å²) in [6, 6.07) is 6.00. The number of nitrogens with two attached hydrogens (primary N) is 1. The molecule has 0 saturated carbocycles. The molecule has 0 aromatic heterocycles. The topological polar surface area (TPSA) is 72.2 Å². The highest BCUT2D eigenvalue weighted by molar-refractivity contribution is 7.89. The summed E-state index contributed by atoms with van der Waals surface area (Å²) in [5.41, 5.74) is 6.14. The van der Waals surface area contributed by atoms with Crippen molar-refractivity contribution in [1.82, 2.24) is 4.72 Å². The van der Waals surface area contributed by atoms with Gasteiger partial charge in [0.1, 0.15) is 5.82 Å². The van der Waals surface area contributed by atoms with Crippen LogP contribution in [0.15, 0.2) is 24.3 Å². The highest BCUT2D eigenvalue weighted by atomic mass is 32.2. The standard InChI is InChI=1S/C11H17FN2O2S/c12-11-4-2-10(3-5-11)6-8-14-17(15,16)9-1-7-13/h2-5,14H,1,6-9,13H2. The lowest BCUT2D eigenvalue weighted by molar-refractivity contribution is 0.579. The normalized spacial score (nSPS) is 11.6. The molecule has 0 atom stereocenters. The fraction of sp³-hybridized carbons (Fsp3) is 0.455. The quantitative estimate of drug-likeness (QED) is 0.755. The molecule has 17 heavy (non-hydrogen) atoms. The summed E-state index contributed by atoms with van der Waals surface area (Å²) in [7, 11) is -3.23. The average Bonchev–Trinajstić information content (AvgIpc) is 2.29. The van der Waals surface area contributed by atoms with E-state index in [0.717, 1.165) is 5.56 Å². The number of hydrogen-bond acceptors (Lipinski definition) is 3. The van der Waals surface area contributed by atoms with Gasteiger partial charge in [0.15, 0.2) is 0 Å². The van der Waals surface area contributed by atoms with Gasteiger partial charge in [-0.15, -0.1) is 0 Å². The summed E-state index contributed by atoms with van der Waals surface area (Å²) in [6.07, 6.45) is 0.994. The maximum atomic E-state index is 12.6. The van der Waals surface area contributed by atoms with E-state index >= 15 is 0 Å².